The molecule has 0 amide bonds. The van der Waals surface area contributed by atoms with Crippen LogP contribution in [0.1, 0.15) is 26.2 Å². The Balaban J connectivity index is 1.53. The van der Waals surface area contributed by atoms with Crippen LogP contribution in [0.15, 0.2) is 41.8 Å². The minimum Gasteiger partial charge on any atom is -0.380 e. The largest absolute Gasteiger partial charge is 0.380 e. The zero-order chi connectivity index (χ0) is 14.2. The molecule has 2 fully saturated rings. The third-order valence-corrected chi connectivity index (χ3v) is 5.62. The van der Waals surface area contributed by atoms with Gasteiger partial charge in [0.1, 0.15) is 0 Å². The van der Waals surface area contributed by atoms with Gasteiger partial charge >= 0.3 is 0 Å². The van der Waals surface area contributed by atoms with E-state index in [0.29, 0.717) is 6.04 Å². The van der Waals surface area contributed by atoms with Gasteiger partial charge in [-0.1, -0.05) is 24.3 Å². The number of rotatable bonds is 4. The molecule has 110 valence electrons. The van der Waals surface area contributed by atoms with Gasteiger partial charge in [0.2, 0.25) is 0 Å². The Morgan fingerprint density at radius 1 is 1.14 bits per heavy atom. The smallest absolute Gasteiger partial charge is 0.0430 e. The number of thiophene rings is 1. The summed E-state index contributed by atoms with van der Waals surface area (Å²) < 4.78 is 0. The Morgan fingerprint density at radius 2 is 2.00 bits per heavy atom. The van der Waals surface area contributed by atoms with Gasteiger partial charge in [-0.3, -0.25) is 4.90 Å². The molecule has 0 spiro atoms. The van der Waals surface area contributed by atoms with E-state index in [9.17, 15) is 0 Å². The van der Waals surface area contributed by atoms with Crippen LogP contribution in [-0.2, 0) is 0 Å². The van der Waals surface area contributed by atoms with Crippen molar-refractivity contribution >= 4 is 17.0 Å². The van der Waals surface area contributed by atoms with Crippen molar-refractivity contribution in [1.29, 1.82) is 0 Å². The fraction of sp³-hybridized carbons (Fsp3) is 0.444. The average Bonchev–Trinajstić information content (AvgIpc) is 3.05. The van der Waals surface area contributed by atoms with E-state index < -0.39 is 0 Å². The van der Waals surface area contributed by atoms with Gasteiger partial charge in [0, 0.05) is 40.8 Å². The lowest BCUT2D eigenvalue weighted by Crippen LogP contribution is -2.31. The summed E-state index contributed by atoms with van der Waals surface area (Å²) in [6.45, 7) is 3.58. The maximum Gasteiger partial charge on any atom is 0.0430 e. The lowest BCUT2D eigenvalue weighted by atomic mass is 10.1. The predicted octanol–water partition coefficient (Wildman–Crippen LogP) is 4.45. The van der Waals surface area contributed by atoms with Crippen LogP contribution in [0.2, 0.25) is 0 Å². The minimum absolute atomic E-state index is 0.585. The summed E-state index contributed by atoms with van der Waals surface area (Å²) in [7, 11) is 0. The highest BCUT2D eigenvalue weighted by atomic mass is 32.1. The van der Waals surface area contributed by atoms with Gasteiger partial charge in [-0.15, -0.1) is 11.3 Å². The highest BCUT2D eigenvalue weighted by molar-refractivity contribution is 7.13. The van der Waals surface area contributed by atoms with E-state index in [0.717, 1.165) is 12.1 Å². The van der Waals surface area contributed by atoms with Crippen LogP contribution in [0.4, 0.5) is 5.69 Å². The Bertz CT molecular complexity index is 603. The molecular weight excluding hydrogens is 276 g/mol. The number of anilines is 1. The second-order valence-corrected chi connectivity index (χ2v) is 7.32. The monoisotopic (exact) mass is 298 g/mol. The van der Waals surface area contributed by atoms with Gasteiger partial charge < -0.3 is 5.32 Å². The summed E-state index contributed by atoms with van der Waals surface area (Å²) in [4.78, 5) is 4.05. The molecule has 1 aromatic heterocycles. The normalized spacial score (nSPS) is 26.1. The highest BCUT2D eigenvalue weighted by Crippen LogP contribution is 2.36. The van der Waals surface area contributed by atoms with Crippen molar-refractivity contribution < 1.29 is 0 Å². The van der Waals surface area contributed by atoms with E-state index in [1.807, 2.05) is 11.3 Å². The van der Waals surface area contributed by atoms with Gasteiger partial charge in [-0.05, 0) is 43.7 Å². The van der Waals surface area contributed by atoms with Gasteiger partial charge in [0.25, 0.3) is 0 Å². The molecule has 4 rings (SSSR count). The van der Waals surface area contributed by atoms with Crippen molar-refractivity contribution in [3.8, 4) is 10.4 Å². The predicted molar refractivity (Wildman–Crippen MR) is 91.0 cm³/mol. The maximum atomic E-state index is 3.81. The molecule has 3 heteroatoms. The topological polar surface area (TPSA) is 15.3 Å². The van der Waals surface area contributed by atoms with E-state index >= 15 is 0 Å². The Labute approximate surface area is 130 Å². The summed E-state index contributed by atoms with van der Waals surface area (Å²) >= 11 is 1.81. The zero-order valence-electron chi connectivity index (χ0n) is 12.5. The van der Waals surface area contributed by atoms with Crippen LogP contribution in [0.3, 0.4) is 0 Å². The first-order valence-corrected chi connectivity index (χ1v) is 8.84. The average molecular weight is 298 g/mol. The molecule has 21 heavy (non-hydrogen) atoms. The van der Waals surface area contributed by atoms with Gasteiger partial charge in [0.15, 0.2) is 0 Å². The van der Waals surface area contributed by atoms with Crippen molar-refractivity contribution in [2.24, 2.45) is 0 Å². The van der Waals surface area contributed by atoms with Crippen molar-refractivity contribution in [1.82, 2.24) is 4.90 Å². The molecule has 1 N–H and O–H groups in total. The van der Waals surface area contributed by atoms with Crippen LogP contribution < -0.4 is 5.32 Å². The number of benzene rings is 1. The van der Waals surface area contributed by atoms with E-state index in [4.69, 9.17) is 0 Å². The molecule has 2 nitrogen and oxygen atoms in total. The lowest BCUT2D eigenvalue weighted by Gasteiger charge is -2.20. The summed E-state index contributed by atoms with van der Waals surface area (Å²) in [6, 6.07) is 15.2. The Hall–Kier alpha value is -1.32. The first-order valence-electron chi connectivity index (χ1n) is 7.96. The number of nitrogens with one attached hydrogen (secondary N) is 1. The molecule has 0 bridgehead atoms. The standard InChI is InChI=1S/C18H22N2S/c1-13-11-14(12-20(13)15-8-9-15)19-17-6-3-2-5-16(17)18-7-4-10-21-18/h2-7,10,13-15,19H,8-9,11-12H2,1H3. The fourth-order valence-electron chi connectivity index (χ4n) is 3.55. The maximum absolute atomic E-state index is 3.81. The quantitative estimate of drug-likeness (QED) is 0.897. The van der Waals surface area contributed by atoms with E-state index in [1.165, 1.54) is 41.9 Å². The summed E-state index contributed by atoms with van der Waals surface area (Å²) in [5.74, 6) is 0. The summed E-state index contributed by atoms with van der Waals surface area (Å²) in [5.41, 5.74) is 2.62. The molecule has 1 aliphatic heterocycles. The second-order valence-electron chi connectivity index (χ2n) is 6.38. The molecular formula is C18H22N2S. The van der Waals surface area contributed by atoms with Crippen LogP contribution in [0.25, 0.3) is 10.4 Å². The first-order chi connectivity index (χ1) is 10.3. The van der Waals surface area contributed by atoms with Crippen molar-refractivity contribution in [3.05, 3.63) is 41.8 Å². The highest BCUT2D eigenvalue weighted by Gasteiger charge is 2.38. The molecule has 1 aliphatic carbocycles. The number of hydrogen-bond acceptors (Lipinski definition) is 3. The van der Waals surface area contributed by atoms with Crippen molar-refractivity contribution in [2.75, 3.05) is 11.9 Å². The van der Waals surface area contributed by atoms with Crippen LogP contribution in [0, 0.1) is 0 Å². The second kappa shape index (κ2) is 5.47. The number of nitrogens with zero attached hydrogens (tertiary/aromatic N) is 1. The van der Waals surface area contributed by atoms with Crippen LogP contribution >= 0.6 is 11.3 Å². The number of para-hydroxylation sites is 1. The summed E-state index contributed by atoms with van der Waals surface area (Å²) in [5, 5.41) is 5.96. The van der Waals surface area contributed by atoms with Crippen molar-refractivity contribution in [2.45, 2.75) is 44.3 Å². The van der Waals surface area contributed by atoms with Crippen molar-refractivity contribution in [3.63, 3.8) is 0 Å². The third-order valence-electron chi connectivity index (χ3n) is 4.71. The van der Waals surface area contributed by atoms with E-state index in [1.54, 1.807) is 0 Å². The van der Waals surface area contributed by atoms with E-state index in [-0.39, 0.29) is 0 Å². The molecule has 2 aliphatic rings. The lowest BCUT2D eigenvalue weighted by molar-refractivity contribution is 0.257. The molecule has 1 saturated heterocycles. The zero-order valence-corrected chi connectivity index (χ0v) is 13.3. The third kappa shape index (κ3) is 2.72. The molecule has 1 saturated carbocycles. The molecule has 2 heterocycles. The van der Waals surface area contributed by atoms with Gasteiger partial charge in [-0.2, -0.15) is 0 Å². The molecule has 2 atom stereocenters. The first kappa shape index (κ1) is 13.4. The number of likely N-dealkylation sites (tertiary alicyclic amines) is 1. The molecule has 2 aromatic rings. The van der Waals surface area contributed by atoms with E-state index in [2.05, 4.69) is 58.9 Å². The van der Waals surface area contributed by atoms with Crippen LogP contribution in [-0.4, -0.2) is 29.6 Å². The SMILES string of the molecule is CC1CC(Nc2ccccc2-c2cccs2)CN1C1CC1. The van der Waals surface area contributed by atoms with Gasteiger partial charge in [0.05, 0.1) is 0 Å². The number of hydrogen-bond donors (Lipinski definition) is 1. The molecule has 2 unspecified atom stereocenters. The molecule has 0 radical (unpaired) electrons. The minimum atomic E-state index is 0.585. The van der Waals surface area contributed by atoms with Gasteiger partial charge in [-0.25, -0.2) is 0 Å². The Kier molecular flexibility index (Phi) is 3.48. The molecule has 1 aromatic carbocycles. The summed E-state index contributed by atoms with van der Waals surface area (Å²) in [6.07, 6.45) is 4.07. The Morgan fingerprint density at radius 3 is 2.76 bits per heavy atom. The van der Waals surface area contributed by atoms with Crippen LogP contribution in [0.5, 0.6) is 0 Å². The fourth-order valence-corrected chi connectivity index (χ4v) is 4.32.